The van der Waals surface area contributed by atoms with E-state index in [2.05, 4.69) is 5.32 Å². The van der Waals surface area contributed by atoms with Crippen molar-refractivity contribution >= 4 is 15.7 Å². The molecule has 106 valence electrons. The van der Waals surface area contributed by atoms with Crippen molar-refractivity contribution < 1.29 is 8.42 Å². The molecule has 1 aromatic carbocycles. The van der Waals surface area contributed by atoms with Gasteiger partial charge in [-0.15, -0.1) is 0 Å². The lowest BCUT2D eigenvalue weighted by molar-refractivity contribution is 0.521. The van der Waals surface area contributed by atoms with Gasteiger partial charge in [0.1, 0.15) is 0 Å². The Hall–Kier alpha value is -1.07. The van der Waals surface area contributed by atoms with Crippen molar-refractivity contribution in [3.05, 3.63) is 24.3 Å². The second-order valence-electron chi connectivity index (χ2n) is 5.32. The SMILES string of the molecule is CN(C)S(=O)(=O)c1ccc(NCCCC2CC2)cc1. The van der Waals surface area contributed by atoms with E-state index in [-0.39, 0.29) is 0 Å². The van der Waals surface area contributed by atoms with E-state index in [0.29, 0.717) is 4.90 Å². The Labute approximate surface area is 115 Å². The molecule has 1 N–H and O–H groups in total. The molecule has 1 aliphatic carbocycles. The zero-order valence-electron chi connectivity index (χ0n) is 11.6. The quantitative estimate of drug-likeness (QED) is 0.782. The Morgan fingerprint density at radius 1 is 1.21 bits per heavy atom. The molecule has 2 rings (SSSR count). The Balaban J connectivity index is 1.87. The van der Waals surface area contributed by atoms with Crippen molar-refractivity contribution in [3.8, 4) is 0 Å². The maximum absolute atomic E-state index is 11.9. The van der Waals surface area contributed by atoms with Gasteiger partial charge >= 0.3 is 0 Å². The number of rotatable bonds is 7. The minimum Gasteiger partial charge on any atom is -0.385 e. The summed E-state index contributed by atoms with van der Waals surface area (Å²) < 4.78 is 25.0. The van der Waals surface area contributed by atoms with Gasteiger partial charge in [-0.25, -0.2) is 12.7 Å². The summed E-state index contributed by atoms with van der Waals surface area (Å²) in [5.41, 5.74) is 0.980. The first kappa shape index (κ1) is 14.3. The monoisotopic (exact) mass is 282 g/mol. The van der Waals surface area contributed by atoms with Gasteiger partial charge in [-0.3, -0.25) is 0 Å². The van der Waals surface area contributed by atoms with E-state index in [4.69, 9.17) is 0 Å². The molecule has 0 amide bonds. The summed E-state index contributed by atoms with van der Waals surface area (Å²) in [7, 11) is -0.234. The van der Waals surface area contributed by atoms with Crippen molar-refractivity contribution in [1.29, 1.82) is 0 Å². The smallest absolute Gasteiger partial charge is 0.242 e. The summed E-state index contributed by atoms with van der Waals surface area (Å²) in [6, 6.07) is 6.96. The zero-order valence-corrected chi connectivity index (χ0v) is 12.4. The molecule has 0 spiro atoms. The lowest BCUT2D eigenvalue weighted by Gasteiger charge is -2.12. The highest BCUT2D eigenvalue weighted by Crippen LogP contribution is 2.33. The van der Waals surface area contributed by atoms with E-state index >= 15 is 0 Å². The van der Waals surface area contributed by atoms with Crippen LogP contribution < -0.4 is 5.32 Å². The van der Waals surface area contributed by atoms with Crippen LogP contribution in [0.25, 0.3) is 0 Å². The molecule has 1 aliphatic rings. The first-order valence-electron chi connectivity index (χ1n) is 6.76. The third-order valence-corrected chi connectivity index (χ3v) is 5.28. The normalized spacial score (nSPS) is 15.7. The van der Waals surface area contributed by atoms with Crippen LogP contribution in [0.5, 0.6) is 0 Å². The number of sulfonamides is 1. The average molecular weight is 282 g/mol. The van der Waals surface area contributed by atoms with Gasteiger partial charge in [0.25, 0.3) is 0 Å². The van der Waals surface area contributed by atoms with Crippen LogP contribution in [0.15, 0.2) is 29.2 Å². The summed E-state index contributed by atoms with van der Waals surface area (Å²) in [4.78, 5) is 0.334. The van der Waals surface area contributed by atoms with Crippen LogP contribution in [0.2, 0.25) is 0 Å². The van der Waals surface area contributed by atoms with Crippen LogP contribution in [0.1, 0.15) is 25.7 Å². The Bertz CT molecular complexity index is 505. The molecular weight excluding hydrogens is 260 g/mol. The van der Waals surface area contributed by atoms with Gasteiger partial charge in [-0.1, -0.05) is 12.8 Å². The number of anilines is 1. The molecule has 0 unspecified atom stereocenters. The van der Waals surface area contributed by atoms with Crippen molar-refractivity contribution in [1.82, 2.24) is 4.31 Å². The van der Waals surface area contributed by atoms with Crippen LogP contribution in [-0.2, 0) is 10.0 Å². The fourth-order valence-electron chi connectivity index (χ4n) is 1.99. The molecule has 1 aromatic rings. The van der Waals surface area contributed by atoms with E-state index in [1.165, 1.54) is 30.0 Å². The van der Waals surface area contributed by atoms with Gasteiger partial charge in [0, 0.05) is 26.3 Å². The largest absolute Gasteiger partial charge is 0.385 e. The molecule has 1 fully saturated rings. The van der Waals surface area contributed by atoms with Crippen LogP contribution in [0, 0.1) is 5.92 Å². The van der Waals surface area contributed by atoms with Crippen LogP contribution in [0.3, 0.4) is 0 Å². The molecule has 0 radical (unpaired) electrons. The predicted octanol–water partition coefficient (Wildman–Crippen LogP) is 2.54. The molecule has 4 nitrogen and oxygen atoms in total. The number of nitrogens with one attached hydrogen (secondary N) is 1. The third-order valence-electron chi connectivity index (χ3n) is 3.45. The second kappa shape index (κ2) is 5.92. The maximum atomic E-state index is 11.9. The molecule has 0 aromatic heterocycles. The van der Waals surface area contributed by atoms with E-state index < -0.39 is 10.0 Å². The minimum atomic E-state index is -3.32. The molecule has 0 bridgehead atoms. The number of hydrogen-bond donors (Lipinski definition) is 1. The fraction of sp³-hybridized carbons (Fsp3) is 0.571. The first-order chi connectivity index (χ1) is 9.00. The van der Waals surface area contributed by atoms with E-state index in [0.717, 1.165) is 18.2 Å². The second-order valence-corrected chi connectivity index (χ2v) is 7.48. The molecule has 0 saturated heterocycles. The van der Waals surface area contributed by atoms with E-state index in [9.17, 15) is 8.42 Å². The summed E-state index contributed by atoms with van der Waals surface area (Å²) in [6.45, 7) is 0.955. The molecular formula is C14H22N2O2S. The molecule has 5 heteroatoms. The van der Waals surface area contributed by atoms with Gasteiger partial charge in [0.05, 0.1) is 4.90 Å². The topological polar surface area (TPSA) is 49.4 Å². The molecule has 1 saturated carbocycles. The number of hydrogen-bond acceptors (Lipinski definition) is 3. The van der Waals surface area contributed by atoms with Gasteiger partial charge in [-0.05, 0) is 43.0 Å². The summed E-state index contributed by atoms with van der Waals surface area (Å²) in [5.74, 6) is 0.967. The maximum Gasteiger partial charge on any atom is 0.242 e. The van der Waals surface area contributed by atoms with Crippen molar-refractivity contribution in [2.24, 2.45) is 5.92 Å². The molecule has 0 atom stereocenters. The lowest BCUT2D eigenvalue weighted by atomic mass is 10.2. The fourth-order valence-corrected chi connectivity index (χ4v) is 2.89. The first-order valence-corrected chi connectivity index (χ1v) is 8.20. The molecule has 0 aliphatic heterocycles. The van der Waals surface area contributed by atoms with Crippen molar-refractivity contribution in [2.45, 2.75) is 30.6 Å². The van der Waals surface area contributed by atoms with Gasteiger partial charge in [0.15, 0.2) is 0 Å². The summed E-state index contributed by atoms with van der Waals surface area (Å²) >= 11 is 0. The number of nitrogens with zero attached hydrogens (tertiary/aromatic N) is 1. The third kappa shape index (κ3) is 3.94. The number of benzene rings is 1. The molecule has 19 heavy (non-hydrogen) atoms. The Kier molecular flexibility index (Phi) is 4.47. The van der Waals surface area contributed by atoms with E-state index in [1.54, 1.807) is 26.2 Å². The Morgan fingerprint density at radius 3 is 2.37 bits per heavy atom. The summed E-state index contributed by atoms with van der Waals surface area (Å²) in [6.07, 6.45) is 5.29. The molecule has 0 heterocycles. The van der Waals surface area contributed by atoms with Gasteiger partial charge < -0.3 is 5.32 Å². The lowest BCUT2D eigenvalue weighted by Crippen LogP contribution is -2.22. The highest BCUT2D eigenvalue weighted by Gasteiger charge is 2.20. The highest BCUT2D eigenvalue weighted by molar-refractivity contribution is 7.89. The van der Waals surface area contributed by atoms with Crippen LogP contribution >= 0.6 is 0 Å². The van der Waals surface area contributed by atoms with Crippen molar-refractivity contribution in [3.63, 3.8) is 0 Å². The predicted molar refractivity (Wildman–Crippen MR) is 77.8 cm³/mol. The summed E-state index contributed by atoms with van der Waals surface area (Å²) in [5, 5.41) is 3.33. The average Bonchev–Trinajstić information content (AvgIpc) is 3.19. The standard InChI is InChI=1S/C14H22N2O2S/c1-16(2)19(17,18)14-9-7-13(8-10-14)15-11-3-4-12-5-6-12/h7-10,12,15H,3-6,11H2,1-2H3. The zero-order chi connectivity index (χ0) is 13.9. The van der Waals surface area contributed by atoms with Gasteiger partial charge in [0.2, 0.25) is 10.0 Å². The highest BCUT2D eigenvalue weighted by atomic mass is 32.2. The van der Waals surface area contributed by atoms with Gasteiger partial charge in [-0.2, -0.15) is 0 Å². The Morgan fingerprint density at radius 2 is 1.84 bits per heavy atom. The van der Waals surface area contributed by atoms with Crippen LogP contribution in [-0.4, -0.2) is 33.4 Å². The van der Waals surface area contributed by atoms with E-state index in [1.807, 2.05) is 12.1 Å². The van der Waals surface area contributed by atoms with Crippen LogP contribution in [0.4, 0.5) is 5.69 Å². The minimum absolute atomic E-state index is 0.334. The van der Waals surface area contributed by atoms with Crippen molar-refractivity contribution in [2.75, 3.05) is 26.0 Å².